The predicted molar refractivity (Wildman–Crippen MR) is 80.5 cm³/mol. The third-order valence-corrected chi connectivity index (χ3v) is 3.27. The van der Waals surface area contributed by atoms with Crippen LogP contribution >= 0.6 is 11.6 Å². The Morgan fingerprint density at radius 2 is 1.90 bits per heavy atom. The first-order chi connectivity index (χ1) is 9.63. The molecule has 0 saturated carbocycles. The first-order valence-corrected chi connectivity index (χ1v) is 6.75. The highest BCUT2D eigenvalue weighted by atomic mass is 35.5. The van der Waals surface area contributed by atoms with Crippen molar-refractivity contribution in [1.82, 2.24) is 19.9 Å². The van der Waals surface area contributed by atoms with Crippen LogP contribution < -0.4 is 5.32 Å². The van der Waals surface area contributed by atoms with Crippen LogP contribution in [0.5, 0.6) is 0 Å². The lowest BCUT2D eigenvalue weighted by Gasteiger charge is -2.09. The Morgan fingerprint density at radius 1 is 1.15 bits per heavy atom. The average molecular weight is 288 g/mol. The van der Waals surface area contributed by atoms with Gasteiger partial charge in [-0.2, -0.15) is 9.97 Å². The Balaban J connectivity index is 1.94. The van der Waals surface area contributed by atoms with Gasteiger partial charge in [0.15, 0.2) is 11.5 Å². The molecular weight excluding hydrogens is 274 g/mol. The second-order valence-corrected chi connectivity index (χ2v) is 5.18. The normalized spacial score (nSPS) is 11.2. The molecule has 5 nitrogen and oxygen atoms in total. The van der Waals surface area contributed by atoms with Crippen LogP contribution in [0.2, 0.25) is 5.28 Å². The lowest BCUT2D eigenvalue weighted by atomic mass is 10.0. The molecule has 0 aliphatic heterocycles. The number of nitrogens with one attached hydrogen (secondary N) is 2. The summed E-state index contributed by atoms with van der Waals surface area (Å²) in [5.41, 5.74) is 3.52. The van der Waals surface area contributed by atoms with Gasteiger partial charge in [-0.05, 0) is 35.2 Å². The van der Waals surface area contributed by atoms with Gasteiger partial charge in [-0.15, -0.1) is 0 Å². The highest BCUT2D eigenvalue weighted by Crippen LogP contribution is 2.24. The van der Waals surface area contributed by atoms with Gasteiger partial charge in [-0.25, -0.2) is 4.98 Å². The zero-order chi connectivity index (χ0) is 14.1. The summed E-state index contributed by atoms with van der Waals surface area (Å²) in [5, 5.41) is 3.41. The van der Waals surface area contributed by atoms with Crippen molar-refractivity contribution in [3.05, 3.63) is 41.4 Å². The maximum absolute atomic E-state index is 5.90. The third kappa shape index (κ3) is 2.44. The van der Waals surface area contributed by atoms with Gasteiger partial charge >= 0.3 is 0 Å². The smallest absolute Gasteiger partial charge is 0.226 e. The van der Waals surface area contributed by atoms with Gasteiger partial charge in [0.05, 0.1) is 6.33 Å². The van der Waals surface area contributed by atoms with E-state index >= 15 is 0 Å². The zero-order valence-corrected chi connectivity index (χ0v) is 11.9. The number of nitrogens with zero attached hydrogens (tertiary/aromatic N) is 3. The van der Waals surface area contributed by atoms with E-state index in [1.165, 1.54) is 5.56 Å². The quantitative estimate of drug-likeness (QED) is 0.718. The number of anilines is 2. The molecule has 0 saturated heterocycles. The Kier molecular flexibility index (Phi) is 3.28. The topological polar surface area (TPSA) is 66.5 Å². The van der Waals surface area contributed by atoms with Crippen LogP contribution in [0, 0.1) is 0 Å². The van der Waals surface area contributed by atoms with Gasteiger partial charge < -0.3 is 10.3 Å². The Morgan fingerprint density at radius 3 is 2.60 bits per heavy atom. The standard InChI is InChI=1S/C14H14ClN5/c1-8(2)9-3-5-10(6-4-9)18-13-11-12(17-7-16-11)19-14(15)20-13/h3-8H,1-2H3,(H2,16,17,18,19,20). The highest BCUT2D eigenvalue weighted by molar-refractivity contribution is 6.28. The molecule has 0 unspecified atom stereocenters. The predicted octanol–water partition coefficient (Wildman–Crippen LogP) is 3.87. The second kappa shape index (κ2) is 5.09. The molecule has 3 rings (SSSR count). The number of halogens is 1. The molecule has 20 heavy (non-hydrogen) atoms. The molecule has 0 radical (unpaired) electrons. The Bertz CT molecular complexity index is 733. The first-order valence-electron chi connectivity index (χ1n) is 6.37. The van der Waals surface area contributed by atoms with E-state index in [4.69, 9.17) is 11.6 Å². The molecular formula is C14H14ClN5. The van der Waals surface area contributed by atoms with Crippen LogP contribution in [0.25, 0.3) is 11.2 Å². The zero-order valence-electron chi connectivity index (χ0n) is 11.2. The maximum Gasteiger partial charge on any atom is 0.226 e. The van der Waals surface area contributed by atoms with Gasteiger partial charge in [0.1, 0.15) is 5.52 Å². The summed E-state index contributed by atoms with van der Waals surface area (Å²) in [7, 11) is 0. The number of benzene rings is 1. The molecule has 3 aromatic rings. The van der Waals surface area contributed by atoms with Crippen molar-refractivity contribution in [2.24, 2.45) is 0 Å². The van der Waals surface area contributed by atoms with E-state index in [1.807, 2.05) is 12.1 Å². The number of imidazole rings is 1. The summed E-state index contributed by atoms with van der Waals surface area (Å²) < 4.78 is 0. The number of H-pyrrole nitrogens is 1. The number of aromatic nitrogens is 4. The molecule has 6 heteroatoms. The first kappa shape index (κ1) is 12.9. The van der Waals surface area contributed by atoms with Crippen molar-refractivity contribution in [3.63, 3.8) is 0 Å². The Labute approximate surface area is 121 Å². The molecule has 2 heterocycles. The van der Waals surface area contributed by atoms with Gasteiger partial charge in [0.25, 0.3) is 0 Å². The summed E-state index contributed by atoms with van der Waals surface area (Å²) in [6.07, 6.45) is 1.57. The fourth-order valence-electron chi connectivity index (χ4n) is 1.99. The monoisotopic (exact) mass is 287 g/mol. The SMILES string of the molecule is CC(C)c1ccc(Nc2nc(Cl)nc3nc[nH]c23)cc1. The molecule has 102 valence electrons. The van der Waals surface area contributed by atoms with Crippen molar-refractivity contribution in [3.8, 4) is 0 Å². The van der Waals surface area contributed by atoms with E-state index in [-0.39, 0.29) is 5.28 Å². The van der Waals surface area contributed by atoms with Crippen LogP contribution in [-0.4, -0.2) is 19.9 Å². The number of fused-ring (bicyclic) bond motifs is 1. The lowest BCUT2D eigenvalue weighted by Crippen LogP contribution is -1.97. The summed E-state index contributed by atoms with van der Waals surface area (Å²) >= 11 is 5.90. The maximum atomic E-state index is 5.90. The molecule has 0 spiro atoms. The van der Waals surface area contributed by atoms with Crippen molar-refractivity contribution in [1.29, 1.82) is 0 Å². The number of aromatic amines is 1. The molecule has 2 aromatic heterocycles. The van der Waals surface area contributed by atoms with Crippen molar-refractivity contribution < 1.29 is 0 Å². The van der Waals surface area contributed by atoms with Gasteiger partial charge in [0, 0.05) is 5.69 Å². The van der Waals surface area contributed by atoms with Crippen molar-refractivity contribution >= 4 is 34.3 Å². The molecule has 0 aliphatic carbocycles. The summed E-state index contributed by atoms with van der Waals surface area (Å²) in [6.45, 7) is 4.33. The van der Waals surface area contributed by atoms with Crippen LogP contribution in [-0.2, 0) is 0 Å². The minimum atomic E-state index is 0.172. The minimum Gasteiger partial charge on any atom is -0.340 e. The van der Waals surface area contributed by atoms with Gasteiger partial charge in [-0.3, -0.25) is 0 Å². The van der Waals surface area contributed by atoms with E-state index in [1.54, 1.807) is 6.33 Å². The summed E-state index contributed by atoms with van der Waals surface area (Å²) in [5.74, 6) is 1.13. The van der Waals surface area contributed by atoms with Gasteiger partial charge in [0.2, 0.25) is 5.28 Å². The largest absolute Gasteiger partial charge is 0.340 e. The molecule has 0 atom stereocenters. The van der Waals surface area contributed by atoms with E-state index in [2.05, 4.69) is 51.2 Å². The molecule has 0 amide bonds. The second-order valence-electron chi connectivity index (χ2n) is 4.84. The van der Waals surface area contributed by atoms with Crippen LogP contribution in [0.1, 0.15) is 25.3 Å². The van der Waals surface area contributed by atoms with Crippen LogP contribution in [0.4, 0.5) is 11.5 Å². The number of hydrogen-bond acceptors (Lipinski definition) is 4. The average Bonchev–Trinajstić information content (AvgIpc) is 2.87. The molecule has 1 aromatic carbocycles. The molecule has 0 aliphatic rings. The Hall–Kier alpha value is -2.14. The van der Waals surface area contributed by atoms with E-state index in [9.17, 15) is 0 Å². The number of rotatable bonds is 3. The number of hydrogen-bond donors (Lipinski definition) is 2. The van der Waals surface area contributed by atoms with E-state index < -0.39 is 0 Å². The molecule has 0 fully saturated rings. The van der Waals surface area contributed by atoms with Crippen molar-refractivity contribution in [2.75, 3.05) is 5.32 Å². The fraction of sp³-hybridized carbons (Fsp3) is 0.214. The minimum absolute atomic E-state index is 0.172. The van der Waals surface area contributed by atoms with Gasteiger partial charge in [-0.1, -0.05) is 26.0 Å². The molecule has 2 N–H and O–H groups in total. The highest BCUT2D eigenvalue weighted by Gasteiger charge is 2.09. The lowest BCUT2D eigenvalue weighted by molar-refractivity contribution is 0.867. The third-order valence-electron chi connectivity index (χ3n) is 3.10. The van der Waals surface area contributed by atoms with Crippen LogP contribution in [0.15, 0.2) is 30.6 Å². The van der Waals surface area contributed by atoms with E-state index in [0.717, 1.165) is 11.2 Å². The molecule has 0 bridgehead atoms. The van der Waals surface area contributed by atoms with E-state index in [0.29, 0.717) is 17.4 Å². The fourth-order valence-corrected chi connectivity index (χ4v) is 2.15. The van der Waals surface area contributed by atoms with Crippen molar-refractivity contribution in [2.45, 2.75) is 19.8 Å². The summed E-state index contributed by atoms with van der Waals surface area (Å²) in [6, 6.07) is 8.24. The van der Waals surface area contributed by atoms with Crippen LogP contribution in [0.3, 0.4) is 0 Å². The summed E-state index contributed by atoms with van der Waals surface area (Å²) in [4.78, 5) is 15.3.